The molecule has 39 heavy (non-hydrogen) atoms. The van der Waals surface area contributed by atoms with Gasteiger partial charge >= 0.3 is 0 Å². The molecule has 4 aromatic carbocycles. The van der Waals surface area contributed by atoms with Gasteiger partial charge in [0.2, 0.25) is 0 Å². The maximum absolute atomic E-state index is 13.0. The van der Waals surface area contributed by atoms with E-state index in [9.17, 15) is 9.90 Å². The Hall–Kier alpha value is -4.79. The fourth-order valence-corrected chi connectivity index (χ4v) is 4.02. The van der Waals surface area contributed by atoms with Gasteiger partial charge in [-0.05, 0) is 60.4 Å². The average molecular weight is 524 g/mol. The van der Waals surface area contributed by atoms with Crippen molar-refractivity contribution in [2.75, 3.05) is 11.9 Å². The summed E-state index contributed by atoms with van der Waals surface area (Å²) in [5, 5.41) is 13.2. The zero-order chi connectivity index (χ0) is 26.9. The second-order valence-electron chi connectivity index (χ2n) is 8.92. The van der Waals surface area contributed by atoms with Crippen molar-refractivity contribution in [2.24, 2.45) is 0 Å². The molecular formula is C31H29N3O5. The molecule has 0 spiro atoms. The standard InChI is InChI=1S/C31H29N3O5/c35-25-14-12-22(13-15-25)9-6-18-37-29-20-26(39-34-32-21-23-7-2-1-3-8-23)16-17-27(29)33-31(36)30-19-24-10-4-5-11-28(24)38-30/h1-5,7-8,10-17,19-20,32,34-35H,6,9,18,21H2,(H,33,36). The number of hydrogen-bond donors (Lipinski definition) is 4. The number of phenols is 1. The van der Waals surface area contributed by atoms with Gasteiger partial charge in [0.05, 0.1) is 12.3 Å². The molecule has 1 amide bonds. The monoisotopic (exact) mass is 523 g/mol. The zero-order valence-electron chi connectivity index (χ0n) is 21.2. The van der Waals surface area contributed by atoms with Crippen LogP contribution in [0.1, 0.15) is 28.1 Å². The molecule has 5 rings (SSSR count). The molecule has 8 heteroatoms. The Labute approximate surface area is 226 Å². The molecule has 0 aliphatic heterocycles. The largest absolute Gasteiger partial charge is 0.508 e. The Balaban J connectivity index is 1.24. The maximum Gasteiger partial charge on any atom is 0.291 e. The van der Waals surface area contributed by atoms with E-state index in [1.807, 2.05) is 66.7 Å². The van der Waals surface area contributed by atoms with Crippen molar-refractivity contribution in [3.05, 3.63) is 120 Å². The van der Waals surface area contributed by atoms with Crippen LogP contribution in [0.4, 0.5) is 5.69 Å². The van der Waals surface area contributed by atoms with Crippen LogP contribution in [0.25, 0.3) is 11.0 Å². The minimum absolute atomic E-state index is 0.210. The average Bonchev–Trinajstić information content (AvgIpc) is 3.41. The fourth-order valence-electron chi connectivity index (χ4n) is 4.02. The molecule has 198 valence electrons. The highest BCUT2D eigenvalue weighted by atomic mass is 16.7. The van der Waals surface area contributed by atoms with Crippen LogP contribution < -0.4 is 25.9 Å². The van der Waals surface area contributed by atoms with Crippen LogP contribution in [0.5, 0.6) is 17.2 Å². The smallest absolute Gasteiger partial charge is 0.291 e. The molecule has 0 saturated heterocycles. The summed E-state index contributed by atoms with van der Waals surface area (Å²) in [6.07, 6.45) is 1.52. The Morgan fingerprint density at radius 3 is 2.46 bits per heavy atom. The number of amides is 1. The van der Waals surface area contributed by atoms with Crippen molar-refractivity contribution in [1.82, 2.24) is 11.0 Å². The van der Waals surface area contributed by atoms with Gasteiger partial charge in [0.25, 0.3) is 5.91 Å². The van der Waals surface area contributed by atoms with E-state index in [0.29, 0.717) is 35.9 Å². The van der Waals surface area contributed by atoms with Gasteiger partial charge < -0.3 is 24.4 Å². The first-order valence-corrected chi connectivity index (χ1v) is 12.7. The van der Waals surface area contributed by atoms with E-state index >= 15 is 0 Å². The number of carbonyl (C=O) groups is 1. The van der Waals surface area contributed by atoms with Crippen LogP contribution in [-0.2, 0) is 13.0 Å². The highest BCUT2D eigenvalue weighted by Crippen LogP contribution is 2.30. The van der Waals surface area contributed by atoms with Gasteiger partial charge in [-0.3, -0.25) is 4.79 Å². The number of furan rings is 1. The summed E-state index contributed by atoms with van der Waals surface area (Å²) in [7, 11) is 0. The molecular weight excluding hydrogens is 494 g/mol. The lowest BCUT2D eigenvalue weighted by atomic mass is 10.1. The minimum atomic E-state index is -0.378. The quantitative estimate of drug-likeness (QED) is 0.118. The van der Waals surface area contributed by atoms with E-state index in [2.05, 4.69) is 16.3 Å². The Kier molecular flexibility index (Phi) is 8.38. The first-order valence-electron chi connectivity index (χ1n) is 12.7. The molecule has 4 N–H and O–H groups in total. The van der Waals surface area contributed by atoms with Crippen LogP contribution in [0, 0.1) is 0 Å². The molecule has 0 aliphatic carbocycles. The van der Waals surface area contributed by atoms with Gasteiger partial charge in [0, 0.05) is 18.0 Å². The topological polar surface area (TPSA) is 105 Å². The van der Waals surface area contributed by atoms with E-state index in [0.717, 1.165) is 29.4 Å². The molecule has 0 radical (unpaired) electrons. The molecule has 0 bridgehead atoms. The second kappa shape index (κ2) is 12.6. The number of fused-ring (bicyclic) bond motifs is 1. The molecule has 1 heterocycles. The number of hydrogen-bond acceptors (Lipinski definition) is 7. The minimum Gasteiger partial charge on any atom is -0.508 e. The number of anilines is 1. The number of benzene rings is 4. The van der Waals surface area contributed by atoms with E-state index in [1.165, 1.54) is 0 Å². The van der Waals surface area contributed by atoms with Crippen molar-refractivity contribution >= 4 is 22.6 Å². The van der Waals surface area contributed by atoms with Crippen LogP contribution in [-0.4, -0.2) is 17.6 Å². The number of ether oxygens (including phenoxy) is 1. The third-order valence-electron chi connectivity index (χ3n) is 6.03. The molecule has 5 aromatic rings. The number of aromatic hydroxyl groups is 1. The van der Waals surface area contributed by atoms with Gasteiger partial charge in [0.15, 0.2) is 11.5 Å². The molecule has 0 saturated carbocycles. The lowest BCUT2D eigenvalue weighted by molar-refractivity contribution is 0.0998. The normalized spacial score (nSPS) is 10.9. The van der Waals surface area contributed by atoms with Gasteiger partial charge in [-0.25, -0.2) is 5.43 Å². The van der Waals surface area contributed by atoms with E-state index < -0.39 is 0 Å². The van der Waals surface area contributed by atoms with Gasteiger partial charge in [-0.15, -0.1) is 0 Å². The Bertz CT molecular complexity index is 1480. The number of carbonyl (C=O) groups excluding carboxylic acids is 1. The van der Waals surface area contributed by atoms with Crippen LogP contribution >= 0.6 is 0 Å². The summed E-state index contributed by atoms with van der Waals surface area (Å²) in [5.74, 6) is 1.04. The third kappa shape index (κ3) is 7.16. The molecule has 0 fully saturated rings. The van der Waals surface area contributed by atoms with Crippen molar-refractivity contribution < 1.29 is 23.9 Å². The molecule has 0 unspecified atom stereocenters. The van der Waals surface area contributed by atoms with Crippen LogP contribution in [0.3, 0.4) is 0 Å². The molecule has 0 atom stereocenters. The van der Waals surface area contributed by atoms with Crippen LogP contribution in [0.2, 0.25) is 0 Å². The highest BCUT2D eigenvalue weighted by molar-refractivity contribution is 6.05. The SMILES string of the molecule is O=C(Nc1ccc(ONNCc2ccccc2)cc1OCCCc1ccc(O)cc1)c1cc2ccccc2o1. The lowest BCUT2D eigenvalue weighted by Crippen LogP contribution is -2.34. The first-order chi connectivity index (χ1) is 19.1. The number of aryl methyl sites for hydroxylation is 1. The number of nitrogens with one attached hydrogen (secondary N) is 3. The summed E-state index contributed by atoms with van der Waals surface area (Å²) in [5.41, 5.74) is 9.10. The predicted molar refractivity (Wildman–Crippen MR) is 150 cm³/mol. The Morgan fingerprint density at radius 2 is 1.64 bits per heavy atom. The zero-order valence-corrected chi connectivity index (χ0v) is 21.2. The summed E-state index contributed by atoms with van der Waals surface area (Å²) in [6, 6.07) is 31.4. The van der Waals surface area contributed by atoms with Crippen LogP contribution in [0.15, 0.2) is 108 Å². The highest BCUT2D eigenvalue weighted by Gasteiger charge is 2.16. The molecule has 1 aromatic heterocycles. The predicted octanol–water partition coefficient (Wildman–Crippen LogP) is 5.99. The number of phenolic OH excluding ortho intramolecular Hbond substituents is 1. The van der Waals surface area contributed by atoms with E-state index in [-0.39, 0.29) is 17.4 Å². The molecule has 8 nitrogen and oxygen atoms in total. The third-order valence-corrected chi connectivity index (χ3v) is 6.03. The molecule has 0 aliphatic rings. The van der Waals surface area contributed by atoms with Crippen molar-refractivity contribution in [1.29, 1.82) is 0 Å². The van der Waals surface area contributed by atoms with Gasteiger partial charge in [-0.1, -0.05) is 66.3 Å². The fraction of sp³-hybridized carbons (Fsp3) is 0.129. The maximum atomic E-state index is 13.0. The van der Waals surface area contributed by atoms with Crippen molar-refractivity contribution in [3.63, 3.8) is 0 Å². The second-order valence-corrected chi connectivity index (χ2v) is 8.92. The number of para-hydroxylation sites is 1. The lowest BCUT2D eigenvalue weighted by Gasteiger charge is -2.15. The van der Waals surface area contributed by atoms with Crippen molar-refractivity contribution in [3.8, 4) is 17.2 Å². The van der Waals surface area contributed by atoms with Gasteiger partial charge in [-0.2, -0.15) is 0 Å². The number of rotatable bonds is 12. The first kappa shape index (κ1) is 25.8. The number of hydrazine groups is 1. The summed E-state index contributed by atoms with van der Waals surface area (Å²) >= 11 is 0. The van der Waals surface area contributed by atoms with E-state index in [4.69, 9.17) is 14.0 Å². The summed E-state index contributed by atoms with van der Waals surface area (Å²) < 4.78 is 11.8. The van der Waals surface area contributed by atoms with Gasteiger partial charge in [0.1, 0.15) is 17.1 Å². The summed E-state index contributed by atoms with van der Waals surface area (Å²) in [4.78, 5) is 18.6. The van der Waals surface area contributed by atoms with Crippen molar-refractivity contribution in [2.45, 2.75) is 19.4 Å². The Morgan fingerprint density at radius 1 is 0.846 bits per heavy atom. The van der Waals surface area contributed by atoms with E-state index in [1.54, 1.807) is 36.4 Å². The summed E-state index contributed by atoms with van der Waals surface area (Å²) in [6.45, 7) is 0.991.